The molecule has 2 N–H and O–H groups in total. The molecule has 2 aliphatic rings. The summed E-state index contributed by atoms with van der Waals surface area (Å²) in [4.78, 5) is 0. The van der Waals surface area contributed by atoms with Gasteiger partial charge in [-0.1, -0.05) is 12.8 Å². The van der Waals surface area contributed by atoms with Gasteiger partial charge < -0.3 is 10.4 Å². The highest BCUT2D eigenvalue weighted by atomic mass is 32.2. The fraction of sp³-hybridized carbons (Fsp3) is 1.00. The molecule has 2 rings (SSSR count). The SMILES string of the molecule is CC(CC1CC1)NCC1(O)CCSCC1. The Morgan fingerprint density at radius 3 is 2.67 bits per heavy atom. The molecule has 0 aromatic heterocycles. The minimum atomic E-state index is -0.414. The fourth-order valence-corrected chi connectivity index (χ4v) is 3.48. The van der Waals surface area contributed by atoms with Gasteiger partial charge in [-0.05, 0) is 43.6 Å². The highest BCUT2D eigenvalue weighted by Gasteiger charge is 2.30. The molecule has 1 heterocycles. The van der Waals surface area contributed by atoms with Gasteiger partial charge in [0.05, 0.1) is 5.60 Å². The van der Waals surface area contributed by atoms with E-state index in [1.165, 1.54) is 19.3 Å². The van der Waals surface area contributed by atoms with Gasteiger partial charge in [-0.2, -0.15) is 11.8 Å². The summed E-state index contributed by atoms with van der Waals surface area (Å²) in [5, 5.41) is 13.8. The van der Waals surface area contributed by atoms with Crippen LogP contribution in [-0.4, -0.2) is 34.8 Å². The maximum atomic E-state index is 10.3. The van der Waals surface area contributed by atoms with E-state index in [0.29, 0.717) is 6.04 Å². The summed E-state index contributed by atoms with van der Waals surface area (Å²) in [6, 6.07) is 0.580. The molecule has 1 saturated heterocycles. The average molecular weight is 229 g/mol. The molecule has 0 aromatic rings. The van der Waals surface area contributed by atoms with Gasteiger partial charge in [-0.25, -0.2) is 0 Å². The van der Waals surface area contributed by atoms with Gasteiger partial charge in [-0.3, -0.25) is 0 Å². The van der Waals surface area contributed by atoms with Crippen molar-refractivity contribution in [3.63, 3.8) is 0 Å². The third-order valence-electron chi connectivity index (χ3n) is 3.59. The molecule has 1 aliphatic heterocycles. The molecule has 88 valence electrons. The van der Waals surface area contributed by atoms with Crippen molar-refractivity contribution < 1.29 is 5.11 Å². The van der Waals surface area contributed by atoms with Crippen molar-refractivity contribution in [2.24, 2.45) is 5.92 Å². The van der Waals surface area contributed by atoms with E-state index in [1.54, 1.807) is 0 Å². The Morgan fingerprint density at radius 1 is 1.40 bits per heavy atom. The van der Waals surface area contributed by atoms with Crippen LogP contribution in [0.5, 0.6) is 0 Å². The number of rotatable bonds is 5. The molecule has 0 amide bonds. The quantitative estimate of drug-likeness (QED) is 0.756. The molecular formula is C12H23NOS. The molecule has 2 nitrogen and oxygen atoms in total. The summed E-state index contributed by atoms with van der Waals surface area (Å²) in [5.41, 5.74) is -0.414. The molecule has 1 unspecified atom stereocenters. The van der Waals surface area contributed by atoms with Crippen molar-refractivity contribution >= 4 is 11.8 Å². The van der Waals surface area contributed by atoms with Crippen LogP contribution >= 0.6 is 11.8 Å². The Hall–Kier alpha value is 0.270. The third-order valence-corrected chi connectivity index (χ3v) is 4.57. The normalized spacial score (nSPS) is 27.6. The van der Waals surface area contributed by atoms with Crippen molar-refractivity contribution in [1.29, 1.82) is 0 Å². The molecule has 3 heteroatoms. The van der Waals surface area contributed by atoms with E-state index in [1.807, 2.05) is 11.8 Å². The van der Waals surface area contributed by atoms with E-state index in [9.17, 15) is 5.11 Å². The lowest BCUT2D eigenvalue weighted by molar-refractivity contribution is 0.0297. The van der Waals surface area contributed by atoms with Crippen LogP contribution in [0.25, 0.3) is 0 Å². The summed E-state index contributed by atoms with van der Waals surface area (Å²) in [7, 11) is 0. The standard InChI is InChI=1S/C12H23NOS/c1-10(8-11-2-3-11)13-9-12(14)4-6-15-7-5-12/h10-11,13-14H,2-9H2,1H3. The predicted molar refractivity (Wildman–Crippen MR) is 66.3 cm³/mol. The maximum Gasteiger partial charge on any atom is 0.0787 e. The second-order valence-corrected chi connectivity index (χ2v) is 6.52. The number of hydrogen-bond donors (Lipinski definition) is 2. The first kappa shape index (κ1) is 11.7. The minimum absolute atomic E-state index is 0.414. The second-order valence-electron chi connectivity index (χ2n) is 5.30. The lowest BCUT2D eigenvalue weighted by atomic mass is 9.96. The highest BCUT2D eigenvalue weighted by Crippen LogP contribution is 2.33. The molecule has 15 heavy (non-hydrogen) atoms. The predicted octanol–water partition coefficient (Wildman–Crippen LogP) is 2.02. The van der Waals surface area contributed by atoms with Crippen molar-refractivity contribution in [1.82, 2.24) is 5.32 Å². The second kappa shape index (κ2) is 5.07. The Kier molecular flexibility index (Phi) is 3.97. The molecule has 2 fully saturated rings. The van der Waals surface area contributed by atoms with Crippen molar-refractivity contribution in [3.05, 3.63) is 0 Å². The summed E-state index contributed by atoms with van der Waals surface area (Å²) in [5.74, 6) is 3.22. The van der Waals surface area contributed by atoms with E-state index in [0.717, 1.165) is 36.8 Å². The van der Waals surface area contributed by atoms with Crippen molar-refractivity contribution in [2.45, 2.75) is 50.7 Å². The summed E-state index contributed by atoms with van der Waals surface area (Å²) >= 11 is 1.96. The van der Waals surface area contributed by atoms with Gasteiger partial charge >= 0.3 is 0 Å². The van der Waals surface area contributed by atoms with E-state index in [4.69, 9.17) is 0 Å². The molecule has 1 aliphatic carbocycles. The third kappa shape index (κ3) is 3.97. The largest absolute Gasteiger partial charge is 0.389 e. The van der Waals surface area contributed by atoms with E-state index >= 15 is 0 Å². The van der Waals surface area contributed by atoms with E-state index < -0.39 is 5.60 Å². The van der Waals surface area contributed by atoms with Crippen LogP contribution in [0.15, 0.2) is 0 Å². The Labute approximate surface area is 97.2 Å². The Morgan fingerprint density at radius 2 is 2.07 bits per heavy atom. The van der Waals surface area contributed by atoms with E-state index in [-0.39, 0.29) is 0 Å². The summed E-state index contributed by atoms with van der Waals surface area (Å²) < 4.78 is 0. The van der Waals surface area contributed by atoms with Gasteiger partial charge in [0, 0.05) is 12.6 Å². The van der Waals surface area contributed by atoms with Crippen molar-refractivity contribution in [3.8, 4) is 0 Å². The monoisotopic (exact) mass is 229 g/mol. The Bertz CT molecular complexity index is 200. The first-order chi connectivity index (χ1) is 7.18. The first-order valence-corrected chi connectivity index (χ1v) is 7.37. The van der Waals surface area contributed by atoms with Gasteiger partial charge in [0.2, 0.25) is 0 Å². The van der Waals surface area contributed by atoms with Gasteiger partial charge in [0.15, 0.2) is 0 Å². The van der Waals surface area contributed by atoms with Crippen LogP contribution in [0.2, 0.25) is 0 Å². The lowest BCUT2D eigenvalue weighted by Crippen LogP contribution is -2.46. The average Bonchev–Trinajstić information content (AvgIpc) is 3.00. The zero-order valence-electron chi connectivity index (χ0n) is 9.67. The maximum absolute atomic E-state index is 10.3. The van der Waals surface area contributed by atoms with Gasteiger partial charge in [0.25, 0.3) is 0 Å². The van der Waals surface area contributed by atoms with Gasteiger partial charge in [0.1, 0.15) is 0 Å². The van der Waals surface area contributed by atoms with Crippen molar-refractivity contribution in [2.75, 3.05) is 18.1 Å². The molecular weight excluding hydrogens is 206 g/mol. The number of nitrogens with one attached hydrogen (secondary N) is 1. The van der Waals surface area contributed by atoms with Crippen LogP contribution in [0, 0.1) is 5.92 Å². The van der Waals surface area contributed by atoms with Gasteiger partial charge in [-0.15, -0.1) is 0 Å². The summed E-state index contributed by atoms with van der Waals surface area (Å²) in [6.45, 7) is 3.04. The fourth-order valence-electron chi connectivity index (χ4n) is 2.23. The first-order valence-electron chi connectivity index (χ1n) is 6.21. The minimum Gasteiger partial charge on any atom is -0.389 e. The molecule has 0 radical (unpaired) electrons. The smallest absolute Gasteiger partial charge is 0.0787 e. The number of hydrogen-bond acceptors (Lipinski definition) is 3. The van der Waals surface area contributed by atoms with Crippen LogP contribution in [0.1, 0.15) is 39.0 Å². The topological polar surface area (TPSA) is 32.3 Å². The molecule has 0 aromatic carbocycles. The molecule has 0 spiro atoms. The molecule has 1 atom stereocenters. The number of thioether (sulfide) groups is 1. The van der Waals surface area contributed by atoms with Crippen LogP contribution < -0.4 is 5.32 Å². The van der Waals surface area contributed by atoms with Crippen LogP contribution in [0.3, 0.4) is 0 Å². The number of aliphatic hydroxyl groups is 1. The Balaban J connectivity index is 1.65. The summed E-state index contributed by atoms with van der Waals surface area (Å²) in [6.07, 6.45) is 6.06. The van der Waals surface area contributed by atoms with E-state index in [2.05, 4.69) is 12.2 Å². The lowest BCUT2D eigenvalue weighted by Gasteiger charge is -2.33. The van der Waals surface area contributed by atoms with Crippen LogP contribution in [0.4, 0.5) is 0 Å². The zero-order valence-corrected chi connectivity index (χ0v) is 10.5. The molecule has 1 saturated carbocycles. The molecule has 0 bridgehead atoms. The zero-order chi connectivity index (χ0) is 10.7. The highest BCUT2D eigenvalue weighted by molar-refractivity contribution is 7.99. The van der Waals surface area contributed by atoms with Crippen LogP contribution in [-0.2, 0) is 0 Å².